The number of aryl methyl sites for hydroxylation is 1. The van der Waals surface area contributed by atoms with Crippen molar-refractivity contribution < 1.29 is 9.53 Å². The van der Waals surface area contributed by atoms with Crippen molar-refractivity contribution in [2.24, 2.45) is 0 Å². The number of thiophene rings is 1. The highest BCUT2D eigenvalue weighted by Gasteiger charge is 2.23. The van der Waals surface area contributed by atoms with Crippen molar-refractivity contribution >= 4 is 39.7 Å². The van der Waals surface area contributed by atoms with E-state index in [1.807, 2.05) is 58.1 Å². The Morgan fingerprint density at radius 3 is 2.38 bits per heavy atom. The van der Waals surface area contributed by atoms with Crippen molar-refractivity contribution in [2.45, 2.75) is 13.3 Å². The highest BCUT2D eigenvalue weighted by Crippen LogP contribution is 2.24. The number of benzene rings is 2. The van der Waals surface area contributed by atoms with Gasteiger partial charge in [0.15, 0.2) is 0 Å². The van der Waals surface area contributed by atoms with Gasteiger partial charge in [0.2, 0.25) is 5.13 Å². The predicted molar refractivity (Wildman–Crippen MR) is 138 cm³/mol. The van der Waals surface area contributed by atoms with Gasteiger partial charge in [0.1, 0.15) is 17.3 Å². The lowest BCUT2D eigenvalue weighted by Gasteiger charge is -2.34. The molecule has 1 N–H and O–H groups in total. The zero-order valence-electron chi connectivity index (χ0n) is 18.8. The van der Waals surface area contributed by atoms with Crippen LogP contribution in [0, 0.1) is 6.92 Å². The zero-order valence-corrected chi connectivity index (χ0v) is 20.4. The fraction of sp³-hybridized carbons (Fsp3) is 0.240. The molecule has 0 spiro atoms. The summed E-state index contributed by atoms with van der Waals surface area (Å²) < 4.78 is 10.5. The third-order valence-electron chi connectivity index (χ3n) is 5.61. The Hall–Kier alpha value is -3.43. The molecule has 0 radical (unpaired) electrons. The number of carbonyl (C=O) groups is 1. The number of urea groups is 1. The van der Waals surface area contributed by atoms with E-state index < -0.39 is 0 Å². The molecule has 0 atom stereocenters. The highest BCUT2D eigenvalue weighted by atomic mass is 32.1. The second kappa shape index (κ2) is 10.2. The average molecular weight is 492 g/mol. The lowest BCUT2D eigenvalue weighted by atomic mass is 10.1. The van der Waals surface area contributed by atoms with Crippen molar-refractivity contribution in [3.63, 3.8) is 0 Å². The van der Waals surface area contributed by atoms with E-state index in [0.29, 0.717) is 19.5 Å². The maximum atomic E-state index is 12.4. The van der Waals surface area contributed by atoms with Gasteiger partial charge in [-0.1, -0.05) is 29.8 Å². The van der Waals surface area contributed by atoms with Gasteiger partial charge in [-0.25, -0.2) is 9.78 Å². The van der Waals surface area contributed by atoms with Crippen LogP contribution in [0.15, 0.2) is 65.4 Å². The Balaban J connectivity index is 1.12. The molecule has 5 rings (SSSR count). The molecule has 174 valence electrons. The monoisotopic (exact) mass is 491 g/mol. The van der Waals surface area contributed by atoms with E-state index in [2.05, 4.69) is 33.6 Å². The number of nitrogens with one attached hydrogen (secondary N) is 1. The Morgan fingerprint density at radius 2 is 1.71 bits per heavy atom. The average Bonchev–Trinajstić information content (AvgIpc) is 3.54. The smallest absolute Gasteiger partial charge is 0.321 e. The Bertz CT molecular complexity index is 1220. The minimum Gasteiger partial charge on any atom is -0.457 e. The molecule has 7 nitrogen and oxygen atoms in total. The third-order valence-corrected chi connectivity index (χ3v) is 7.11. The maximum absolute atomic E-state index is 12.4. The van der Waals surface area contributed by atoms with Crippen LogP contribution >= 0.6 is 22.9 Å². The van der Waals surface area contributed by atoms with Gasteiger partial charge in [0.25, 0.3) is 0 Å². The number of hydrogen-bond donors (Lipinski definition) is 1. The molecular formula is C25H25N5O2S2. The lowest BCUT2D eigenvalue weighted by Crippen LogP contribution is -2.50. The van der Waals surface area contributed by atoms with Crippen LogP contribution in [0.2, 0.25) is 0 Å². The number of piperazine rings is 1. The van der Waals surface area contributed by atoms with Gasteiger partial charge in [-0.2, -0.15) is 15.7 Å². The minimum absolute atomic E-state index is 0.0502. The van der Waals surface area contributed by atoms with E-state index in [1.165, 1.54) is 17.1 Å². The molecule has 0 saturated carbocycles. The van der Waals surface area contributed by atoms with Gasteiger partial charge in [-0.05, 0) is 48.2 Å². The van der Waals surface area contributed by atoms with E-state index in [9.17, 15) is 4.79 Å². The van der Waals surface area contributed by atoms with Crippen LogP contribution in [-0.2, 0) is 6.42 Å². The zero-order chi connectivity index (χ0) is 23.3. The number of anilines is 2. The summed E-state index contributed by atoms with van der Waals surface area (Å²) in [6.07, 6.45) is 0.671. The van der Waals surface area contributed by atoms with Crippen LogP contribution in [0.3, 0.4) is 0 Å². The molecule has 1 aliphatic heterocycles. The minimum atomic E-state index is -0.0502. The molecule has 0 unspecified atom stereocenters. The number of carbonyl (C=O) groups excluding carboxylic acids is 1. The number of hydrogen-bond acceptors (Lipinski definition) is 7. The molecule has 1 aliphatic rings. The summed E-state index contributed by atoms with van der Waals surface area (Å²) >= 11 is 2.99. The van der Waals surface area contributed by atoms with Gasteiger partial charge >= 0.3 is 6.03 Å². The van der Waals surface area contributed by atoms with E-state index in [-0.39, 0.29) is 6.03 Å². The van der Waals surface area contributed by atoms with E-state index in [1.54, 1.807) is 11.3 Å². The second-order valence-electron chi connectivity index (χ2n) is 8.15. The molecule has 0 bridgehead atoms. The molecule has 4 aromatic rings. The Labute approximate surface area is 206 Å². The second-order valence-corrected chi connectivity index (χ2v) is 9.66. The summed E-state index contributed by atoms with van der Waals surface area (Å²) in [7, 11) is 0. The summed E-state index contributed by atoms with van der Waals surface area (Å²) in [5.41, 5.74) is 3.19. The molecule has 1 fully saturated rings. The van der Waals surface area contributed by atoms with Crippen molar-refractivity contribution in [2.75, 3.05) is 36.4 Å². The van der Waals surface area contributed by atoms with Gasteiger partial charge < -0.3 is 19.9 Å². The standard InChI is InChI=1S/C25H25N5O2S2/c1-18-2-6-21(7-3-18)32-22-8-4-19(5-9-22)16-23-27-25(34-28-23)30-13-11-29(12-14-30)24(31)26-20-10-15-33-17-20/h2-10,15,17H,11-14,16H2,1H3,(H,26,31). The van der Waals surface area contributed by atoms with Crippen LogP contribution < -0.4 is 15.0 Å². The summed E-state index contributed by atoms with van der Waals surface area (Å²) in [5.74, 6) is 2.44. The summed E-state index contributed by atoms with van der Waals surface area (Å²) in [6, 6.07) is 17.9. The Kier molecular flexibility index (Phi) is 6.73. The topological polar surface area (TPSA) is 70.6 Å². The number of aromatic nitrogens is 2. The third kappa shape index (κ3) is 5.55. The number of nitrogens with zero attached hydrogens (tertiary/aromatic N) is 4. The molecule has 3 heterocycles. The van der Waals surface area contributed by atoms with Crippen LogP contribution in [-0.4, -0.2) is 46.5 Å². The maximum Gasteiger partial charge on any atom is 0.321 e. The summed E-state index contributed by atoms with van der Waals surface area (Å²) in [6.45, 7) is 4.87. The van der Waals surface area contributed by atoms with Crippen molar-refractivity contribution in [3.05, 3.63) is 82.3 Å². The molecule has 2 aromatic heterocycles. The first-order valence-electron chi connectivity index (χ1n) is 11.1. The van der Waals surface area contributed by atoms with Gasteiger partial charge in [-0.15, -0.1) is 0 Å². The van der Waals surface area contributed by atoms with Crippen LogP contribution in [0.25, 0.3) is 0 Å². The predicted octanol–water partition coefficient (Wildman–Crippen LogP) is 5.65. The fourth-order valence-corrected chi connectivity index (χ4v) is 5.01. The molecule has 9 heteroatoms. The highest BCUT2D eigenvalue weighted by molar-refractivity contribution is 7.09. The van der Waals surface area contributed by atoms with Gasteiger partial charge in [0, 0.05) is 49.5 Å². The van der Waals surface area contributed by atoms with E-state index in [0.717, 1.165) is 46.8 Å². The SMILES string of the molecule is Cc1ccc(Oc2ccc(Cc3nsc(N4CCN(C(=O)Nc5ccsc5)CC4)n3)cc2)cc1. The first kappa shape index (κ1) is 22.4. The Morgan fingerprint density at radius 1 is 1.00 bits per heavy atom. The van der Waals surface area contributed by atoms with Crippen LogP contribution in [0.5, 0.6) is 11.5 Å². The van der Waals surface area contributed by atoms with Crippen LogP contribution in [0.1, 0.15) is 17.0 Å². The first-order valence-corrected chi connectivity index (χ1v) is 12.8. The molecule has 34 heavy (non-hydrogen) atoms. The number of rotatable bonds is 6. The number of amides is 2. The molecular weight excluding hydrogens is 466 g/mol. The summed E-state index contributed by atoms with van der Waals surface area (Å²) in [5, 5.41) is 7.74. The molecule has 2 amide bonds. The van der Waals surface area contributed by atoms with E-state index in [4.69, 9.17) is 9.72 Å². The van der Waals surface area contributed by atoms with Crippen molar-refractivity contribution in [1.82, 2.24) is 14.3 Å². The van der Waals surface area contributed by atoms with Crippen LogP contribution in [0.4, 0.5) is 15.6 Å². The quantitative estimate of drug-likeness (QED) is 0.378. The molecule has 0 aliphatic carbocycles. The lowest BCUT2D eigenvalue weighted by molar-refractivity contribution is 0.208. The van der Waals surface area contributed by atoms with Crippen molar-refractivity contribution in [3.8, 4) is 11.5 Å². The molecule has 2 aromatic carbocycles. The van der Waals surface area contributed by atoms with E-state index >= 15 is 0 Å². The summed E-state index contributed by atoms with van der Waals surface area (Å²) in [4.78, 5) is 21.2. The first-order chi connectivity index (χ1) is 16.6. The number of ether oxygens (including phenoxy) is 1. The van der Waals surface area contributed by atoms with Crippen molar-refractivity contribution in [1.29, 1.82) is 0 Å². The fourth-order valence-electron chi connectivity index (χ4n) is 3.68. The normalized spacial score (nSPS) is 13.7. The largest absolute Gasteiger partial charge is 0.457 e. The molecule has 1 saturated heterocycles. The van der Waals surface area contributed by atoms with Gasteiger partial charge in [-0.3, -0.25) is 0 Å². The van der Waals surface area contributed by atoms with Gasteiger partial charge in [0.05, 0.1) is 5.69 Å².